The van der Waals surface area contributed by atoms with Gasteiger partial charge in [0.05, 0.1) is 4.92 Å². The Morgan fingerprint density at radius 2 is 2.04 bits per heavy atom. The van der Waals surface area contributed by atoms with Gasteiger partial charge in [-0.05, 0) is 18.6 Å². The maximum Gasteiger partial charge on any atom is 0.269 e. The Morgan fingerprint density at radius 3 is 2.72 bits per heavy atom. The first-order valence-corrected chi connectivity index (χ1v) is 7.52. The first-order chi connectivity index (χ1) is 12.0. The van der Waals surface area contributed by atoms with Crippen LogP contribution >= 0.6 is 0 Å². The number of halogens is 1. The molecule has 2 rings (SSSR count). The van der Waals surface area contributed by atoms with Crippen molar-refractivity contribution in [2.24, 2.45) is 0 Å². The SMILES string of the molecule is C=CCc1cc([N+](=O)[O-])ccc1OCC(=O)NCc1ccccc1F. The topological polar surface area (TPSA) is 81.5 Å². The van der Waals surface area contributed by atoms with Crippen molar-refractivity contribution in [1.82, 2.24) is 5.32 Å². The van der Waals surface area contributed by atoms with Crippen LogP contribution in [0.15, 0.2) is 55.1 Å². The number of non-ortho nitro benzene ring substituents is 1. The van der Waals surface area contributed by atoms with Crippen LogP contribution in [-0.4, -0.2) is 17.4 Å². The lowest BCUT2D eigenvalue weighted by molar-refractivity contribution is -0.384. The molecule has 0 radical (unpaired) electrons. The number of benzene rings is 2. The van der Waals surface area contributed by atoms with E-state index in [1.807, 2.05) is 0 Å². The molecule has 0 fully saturated rings. The third kappa shape index (κ3) is 5.13. The molecule has 0 bridgehead atoms. The zero-order chi connectivity index (χ0) is 18.2. The van der Waals surface area contributed by atoms with E-state index < -0.39 is 16.6 Å². The average molecular weight is 344 g/mol. The summed E-state index contributed by atoms with van der Waals surface area (Å²) in [5.41, 5.74) is 0.873. The summed E-state index contributed by atoms with van der Waals surface area (Å²) in [5.74, 6) is -0.454. The highest BCUT2D eigenvalue weighted by atomic mass is 19.1. The Bertz CT molecular complexity index is 792. The molecule has 0 aromatic heterocycles. The van der Waals surface area contributed by atoms with Gasteiger partial charge in [0, 0.05) is 29.8 Å². The van der Waals surface area contributed by atoms with Crippen LogP contribution in [0, 0.1) is 15.9 Å². The van der Waals surface area contributed by atoms with E-state index in [2.05, 4.69) is 11.9 Å². The van der Waals surface area contributed by atoms with E-state index >= 15 is 0 Å². The second-order valence-electron chi connectivity index (χ2n) is 5.20. The van der Waals surface area contributed by atoms with Gasteiger partial charge in [0.1, 0.15) is 11.6 Å². The van der Waals surface area contributed by atoms with Gasteiger partial charge in [0.2, 0.25) is 0 Å². The van der Waals surface area contributed by atoms with Crippen LogP contribution in [0.25, 0.3) is 0 Å². The molecule has 2 aromatic rings. The van der Waals surface area contributed by atoms with Gasteiger partial charge in [-0.3, -0.25) is 14.9 Å². The Morgan fingerprint density at radius 1 is 1.28 bits per heavy atom. The average Bonchev–Trinajstić information content (AvgIpc) is 2.60. The highest BCUT2D eigenvalue weighted by molar-refractivity contribution is 5.77. The van der Waals surface area contributed by atoms with Crippen molar-refractivity contribution in [1.29, 1.82) is 0 Å². The highest BCUT2D eigenvalue weighted by Gasteiger charge is 2.12. The minimum absolute atomic E-state index is 0.0502. The number of nitrogens with one attached hydrogen (secondary N) is 1. The normalized spacial score (nSPS) is 10.1. The summed E-state index contributed by atoms with van der Waals surface area (Å²) in [6, 6.07) is 10.3. The summed E-state index contributed by atoms with van der Waals surface area (Å²) in [6.07, 6.45) is 1.96. The van der Waals surface area contributed by atoms with Gasteiger partial charge in [-0.1, -0.05) is 24.3 Å². The Hall–Kier alpha value is -3.22. The lowest BCUT2D eigenvalue weighted by Crippen LogP contribution is -2.28. The molecule has 25 heavy (non-hydrogen) atoms. The second-order valence-corrected chi connectivity index (χ2v) is 5.20. The standard InChI is InChI=1S/C18H17FN2O4/c1-2-5-13-10-15(21(23)24)8-9-17(13)25-12-18(22)20-11-14-6-3-4-7-16(14)19/h2-4,6-10H,1,5,11-12H2,(H,20,22). The minimum Gasteiger partial charge on any atom is -0.483 e. The van der Waals surface area contributed by atoms with Gasteiger partial charge in [0.25, 0.3) is 11.6 Å². The Balaban J connectivity index is 1.95. The number of carbonyl (C=O) groups excluding carboxylic acids is 1. The number of hydrogen-bond donors (Lipinski definition) is 1. The Kier molecular flexibility index (Phi) is 6.22. The number of allylic oxidation sites excluding steroid dienone is 1. The number of nitro benzene ring substituents is 1. The molecule has 0 saturated carbocycles. The van der Waals surface area contributed by atoms with Gasteiger partial charge in [-0.2, -0.15) is 0 Å². The van der Waals surface area contributed by atoms with Crippen molar-refractivity contribution in [3.63, 3.8) is 0 Å². The van der Waals surface area contributed by atoms with Gasteiger partial charge in [-0.15, -0.1) is 6.58 Å². The molecule has 0 atom stereocenters. The van der Waals surface area contributed by atoms with E-state index in [0.29, 0.717) is 23.3 Å². The lowest BCUT2D eigenvalue weighted by atomic mass is 10.1. The molecular formula is C18H17FN2O4. The molecule has 0 aliphatic rings. The van der Waals surface area contributed by atoms with E-state index in [0.717, 1.165) is 0 Å². The molecule has 1 amide bonds. The summed E-state index contributed by atoms with van der Waals surface area (Å²) in [4.78, 5) is 22.2. The number of hydrogen-bond acceptors (Lipinski definition) is 4. The first kappa shape index (κ1) is 18.1. The molecule has 0 aliphatic carbocycles. The van der Waals surface area contributed by atoms with Gasteiger partial charge >= 0.3 is 0 Å². The lowest BCUT2D eigenvalue weighted by Gasteiger charge is -2.11. The van der Waals surface area contributed by atoms with E-state index in [4.69, 9.17) is 4.74 Å². The predicted molar refractivity (Wildman–Crippen MR) is 90.7 cm³/mol. The van der Waals surface area contributed by atoms with Crippen LogP contribution in [-0.2, 0) is 17.8 Å². The third-order valence-electron chi connectivity index (χ3n) is 3.41. The molecule has 2 aromatic carbocycles. The molecule has 0 unspecified atom stereocenters. The van der Waals surface area contributed by atoms with Crippen molar-refractivity contribution in [2.75, 3.05) is 6.61 Å². The molecule has 0 aliphatic heterocycles. The van der Waals surface area contributed by atoms with Crippen molar-refractivity contribution in [2.45, 2.75) is 13.0 Å². The summed E-state index contributed by atoms with van der Waals surface area (Å²) >= 11 is 0. The fourth-order valence-electron chi connectivity index (χ4n) is 2.17. The van der Waals surface area contributed by atoms with E-state index in [1.165, 1.54) is 24.3 Å². The molecular weight excluding hydrogens is 327 g/mol. The molecule has 130 valence electrons. The third-order valence-corrected chi connectivity index (χ3v) is 3.41. The summed E-state index contributed by atoms with van der Waals surface area (Å²) < 4.78 is 18.9. The fraction of sp³-hybridized carbons (Fsp3) is 0.167. The maximum atomic E-state index is 13.5. The molecule has 7 heteroatoms. The van der Waals surface area contributed by atoms with E-state index in [9.17, 15) is 19.3 Å². The van der Waals surface area contributed by atoms with Crippen LogP contribution in [0.5, 0.6) is 5.75 Å². The number of rotatable bonds is 8. The molecule has 0 saturated heterocycles. The van der Waals surface area contributed by atoms with Crippen LogP contribution in [0.1, 0.15) is 11.1 Å². The fourth-order valence-corrected chi connectivity index (χ4v) is 2.17. The molecule has 6 nitrogen and oxygen atoms in total. The first-order valence-electron chi connectivity index (χ1n) is 7.52. The molecule has 0 spiro atoms. The molecule has 0 heterocycles. The monoisotopic (exact) mass is 344 g/mol. The zero-order valence-electron chi connectivity index (χ0n) is 13.4. The van der Waals surface area contributed by atoms with Crippen LogP contribution in [0.3, 0.4) is 0 Å². The quantitative estimate of drug-likeness (QED) is 0.453. The van der Waals surface area contributed by atoms with Gasteiger partial charge in [0.15, 0.2) is 6.61 Å². The maximum absolute atomic E-state index is 13.5. The number of nitro groups is 1. The van der Waals surface area contributed by atoms with E-state index in [1.54, 1.807) is 24.3 Å². The summed E-state index contributed by atoms with van der Waals surface area (Å²) in [6.45, 7) is 3.37. The predicted octanol–water partition coefficient (Wildman–Crippen LogP) is 3.16. The van der Waals surface area contributed by atoms with Crippen molar-refractivity contribution < 1.29 is 18.8 Å². The van der Waals surface area contributed by atoms with Crippen LogP contribution < -0.4 is 10.1 Å². The van der Waals surface area contributed by atoms with Gasteiger partial charge < -0.3 is 10.1 Å². The summed E-state index contributed by atoms with van der Waals surface area (Å²) in [5, 5.41) is 13.4. The number of nitrogens with zero attached hydrogens (tertiary/aromatic N) is 1. The minimum atomic E-state index is -0.502. The number of amides is 1. The van der Waals surface area contributed by atoms with Crippen molar-refractivity contribution in [3.8, 4) is 5.75 Å². The van der Waals surface area contributed by atoms with Crippen molar-refractivity contribution >= 4 is 11.6 Å². The number of ether oxygens (including phenoxy) is 1. The molecule has 1 N–H and O–H groups in total. The smallest absolute Gasteiger partial charge is 0.269 e. The number of carbonyl (C=O) groups is 1. The summed E-state index contributed by atoms with van der Waals surface area (Å²) in [7, 11) is 0. The van der Waals surface area contributed by atoms with Gasteiger partial charge in [-0.25, -0.2) is 4.39 Å². The highest BCUT2D eigenvalue weighted by Crippen LogP contribution is 2.25. The largest absolute Gasteiger partial charge is 0.483 e. The van der Waals surface area contributed by atoms with Crippen molar-refractivity contribution in [3.05, 3.63) is 82.2 Å². The second kappa shape index (κ2) is 8.58. The van der Waals surface area contributed by atoms with Crippen LogP contribution in [0.2, 0.25) is 0 Å². The van der Waals surface area contributed by atoms with Crippen LogP contribution in [0.4, 0.5) is 10.1 Å². The Labute approximate surface area is 144 Å². The zero-order valence-corrected chi connectivity index (χ0v) is 13.4. The van der Waals surface area contributed by atoms with E-state index in [-0.39, 0.29) is 18.8 Å².